The van der Waals surface area contributed by atoms with Crippen LogP contribution >= 0.6 is 23.8 Å². The van der Waals surface area contributed by atoms with Gasteiger partial charge in [-0.15, -0.1) is 0 Å². The summed E-state index contributed by atoms with van der Waals surface area (Å²) in [6, 6.07) is 12.3. The van der Waals surface area contributed by atoms with Crippen molar-refractivity contribution in [3.8, 4) is 0 Å². The van der Waals surface area contributed by atoms with E-state index >= 15 is 0 Å². The zero-order valence-electron chi connectivity index (χ0n) is 15.4. The molecule has 2 aromatic carbocycles. The predicted octanol–water partition coefficient (Wildman–Crippen LogP) is 5.45. The molecule has 0 aromatic heterocycles. The van der Waals surface area contributed by atoms with Gasteiger partial charge in [-0.05, 0) is 62.2 Å². The second-order valence-corrected chi connectivity index (χ2v) is 7.72. The molecule has 0 spiro atoms. The van der Waals surface area contributed by atoms with Gasteiger partial charge >= 0.3 is 0 Å². The Kier molecular flexibility index (Phi) is 5.82. The van der Waals surface area contributed by atoms with E-state index in [-0.39, 0.29) is 11.6 Å². The fourth-order valence-corrected chi connectivity index (χ4v) is 4.25. The second-order valence-electron chi connectivity index (χ2n) is 6.92. The molecule has 0 radical (unpaired) electrons. The minimum Gasteiger partial charge on any atom is -0.335 e. The van der Waals surface area contributed by atoms with Gasteiger partial charge in [-0.25, -0.2) is 4.39 Å². The number of ketones is 1. The maximum atomic E-state index is 13.9. The Morgan fingerprint density at radius 1 is 1.26 bits per heavy atom. The van der Waals surface area contributed by atoms with Gasteiger partial charge in [0.1, 0.15) is 11.4 Å². The number of aryl methyl sites for hydroxylation is 1. The monoisotopic (exact) mass is 404 g/mol. The van der Waals surface area contributed by atoms with E-state index in [0.717, 1.165) is 18.4 Å². The lowest BCUT2D eigenvalue weighted by Gasteiger charge is -2.45. The number of thiocarbonyl (C=S) groups is 1. The number of hydrogen-bond donors (Lipinski definition) is 1. The minimum absolute atomic E-state index is 0.101. The lowest BCUT2D eigenvalue weighted by Crippen LogP contribution is -2.55. The highest BCUT2D eigenvalue weighted by atomic mass is 35.5. The smallest absolute Gasteiger partial charge is 0.174 e. The Hall–Kier alpha value is -1.98. The van der Waals surface area contributed by atoms with Crippen LogP contribution < -0.4 is 5.32 Å². The summed E-state index contributed by atoms with van der Waals surface area (Å²) in [6.07, 6.45) is 2.89. The number of Topliss-reactive ketones (excluding diaryl/α,β-unsaturated/α-hetero) is 1. The number of carbonyl (C=O) groups excluding carboxylic acids is 1. The SMILES string of the molecule is Cc1ccc(NC(=S)N(C)[C@]2(c3ccccc3Cl)CCCCC2=O)cc1F. The molecule has 27 heavy (non-hydrogen) atoms. The van der Waals surface area contributed by atoms with Crippen molar-refractivity contribution in [2.45, 2.75) is 38.1 Å². The van der Waals surface area contributed by atoms with Crippen LogP contribution in [0.1, 0.15) is 36.8 Å². The average molecular weight is 405 g/mol. The zero-order valence-corrected chi connectivity index (χ0v) is 17.0. The lowest BCUT2D eigenvalue weighted by atomic mass is 9.74. The van der Waals surface area contributed by atoms with Crippen molar-refractivity contribution < 1.29 is 9.18 Å². The van der Waals surface area contributed by atoms with Gasteiger partial charge in [-0.2, -0.15) is 0 Å². The van der Waals surface area contributed by atoms with E-state index in [0.29, 0.717) is 34.2 Å². The van der Waals surface area contributed by atoms with E-state index in [1.807, 2.05) is 18.2 Å². The fourth-order valence-electron chi connectivity index (χ4n) is 3.68. The van der Waals surface area contributed by atoms with E-state index in [2.05, 4.69) is 5.32 Å². The predicted molar refractivity (Wildman–Crippen MR) is 112 cm³/mol. The molecule has 6 heteroatoms. The summed E-state index contributed by atoms with van der Waals surface area (Å²) in [4.78, 5) is 14.9. The van der Waals surface area contributed by atoms with Crippen LogP contribution in [0, 0.1) is 12.7 Å². The van der Waals surface area contributed by atoms with Gasteiger partial charge in [-0.1, -0.05) is 35.9 Å². The first-order chi connectivity index (χ1) is 12.9. The van der Waals surface area contributed by atoms with Crippen LogP contribution in [-0.4, -0.2) is 22.8 Å². The van der Waals surface area contributed by atoms with E-state index < -0.39 is 5.54 Å². The topological polar surface area (TPSA) is 32.3 Å². The van der Waals surface area contributed by atoms with Crippen molar-refractivity contribution in [1.82, 2.24) is 4.90 Å². The van der Waals surface area contributed by atoms with Crippen LogP contribution in [0.4, 0.5) is 10.1 Å². The van der Waals surface area contributed by atoms with E-state index in [9.17, 15) is 9.18 Å². The number of rotatable bonds is 3. The maximum absolute atomic E-state index is 13.9. The third-order valence-corrected chi connectivity index (χ3v) is 5.98. The highest BCUT2D eigenvalue weighted by molar-refractivity contribution is 7.80. The Balaban J connectivity index is 1.97. The summed E-state index contributed by atoms with van der Waals surface area (Å²) in [6.45, 7) is 1.71. The highest BCUT2D eigenvalue weighted by Gasteiger charge is 2.47. The molecule has 3 nitrogen and oxygen atoms in total. The van der Waals surface area contributed by atoms with Gasteiger partial charge in [-0.3, -0.25) is 4.79 Å². The number of nitrogens with one attached hydrogen (secondary N) is 1. The Morgan fingerprint density at radius 3 is 2.67 bits per heavy atom. The van der Waals surface area contributed by atoms with Crippen molar-refractivity contribution in [3.05, 3.63) is 64.4 Å². The molecular formula is C21H22ClFN2OS. The molecule has 1 fully saturated rings. The molecule has 0 unspecified atom stereocenters. The molecule has 0 aliphatic heterocycles. The lowest BCUT2D eigenvalue weighted by molar-refractivity contribution is -0.131. The van der Waals surface area contributed by atoms with Gasteiger partial charge < -0.3 is 10.2 Å². The largest absolute Gasteiger partial charge is 0.335 e. The number of likely N-dealkylation sites (N-methyl/N-ethyl adjacent to an activating group) is 1. The summed E-state index contributed by atoms with van der Waals surface area (Å²) >= 11 is 12.0. The van der Waals surface area contributed by atoms with Crippen molar-refractivity contribution in [2.24, 2.45) is 0 Å². The van der Waals surface area contributed by atoms with E-state index in [4.69, 9.17) is 23.8 Å². The normalized spacial score (nSPS) is 19.6. The third kappa shape index (κ3) is 3.71. The Labute approximate surface area is 169 Å². The molecule has 1 aliphatic rings. The first-order valence-electron chi connectivity index (χ1n) is 8.95. The van der Waals surface area contributed by atoms with E-state index in [1.54, 1.807) is 37.1 Å². The molecule has 3 rings (SSSR count). The van der Waals surface area contributed by atoms with Crippen molar-refractivity contribution in [3.63, 3.8) is 0 Å². The average Bonchev–Trinajstić information content (AvgIpc) is 2.65. The molecular weight excluding hydrogens is 383 g/mol. The molecule has 1 atom stereocenters. The number of halogens is 2. The molecule has 142 valence electrons. The van der Waals surface area contributed by atoms with E-state index in [1.165, 1.54) is 6.07 Å². The van der Waals surface area contributed by atoms with Crippen LogP contribution in [0.2, 0.25) is 5.02 Å². The second kappa shape index (κ2) is 7.95. The summed E-state index contributed by atoms with van der Waals surface area (Å²) < 4.78 is 13.9. The first-order valence-corrected chi connectivity index (χ1v) is 9.74. The summed E-state index contributed by atoms with van der Waals surface area (Å²) in [5.41, 5.74) is 0.963. The van der Waals surface area contributed by atoms with Crippen molar-refractivity contribution in [1.29, 1.82) is 0 Å². The van der Waals surface area contributed by atoms with Crippen molar-refractivity contribution >= 4 is 40.4 Å². The van der Waals surface area contributed by atoms with Gasteiger partial charge in [0, 0.05) is 29.7 Å². The van der Waals surface area contributed by atoms with Gasteiger partial charge in [0.25, 0.3) is 0 Å². The summed E-state index contributed by atoms with van der Waals surface area (Å²) in [5.74, 6) is -0.205. The number of carbonyl (C=O) groups is 1. The first kappa shape index (κ1) is 19.8. The number of hydrogen-bond acceptors (Lipinski definition) is 2. The fraction of sp³-hybridized carbons (Fsp3) is 0.333. The molecule has 1 aliphatic carbocycles. The van der Waals surface area contributed by atoms with Crippen molar-refractivity contribution in [2.75, 3.05) is 12.4 Å². The van der Waals surface area contributed by atoms with Crippen LogP contribution in [0.25, 0.3) is 0 Å². The van der Waals surface area contributed by atoms with Gasteiger partial charge in [0.05, 0.1) is 0 Å². The number of benzene rings is 2. The number of nitrogens with zero attached hydrogens (tertiary/aromatic N) is 1. The van der Waals surface area contributed by atoms with Crippen LogP contribution in [-0.2, 0) is 10.3 Å². The molecule has 0 bridgehead atoms. The van der Waals surface area contributed by atoms with Crippen LogP contribution in [0.5, 0.6) is 0 Å². The van der Waals surface area contributed by atoms with Gasteiger partial charge in [0.2, 0.25) is 0 Å². The van der Waals surface area contributed by atoms with Gasteiger partial charge in [0.15, 0.2) is 10.9 Å². The molecule has 0 heterocycles. The minimum atomic E-state index is -0.913. The molecule has 1 N–H and O–H groups in total. The molecule has 0 saturated heterocycles. The maximum Gasteiger partial charge on any atom is 0.174 e. The molecule has 1 saturated carbocycles. The zero-order chi connectivity index (χ0) is 19.6. The van der Waals surface area contributed by atoms with Crippen LogP contribution in [0.15, 0.2) is 42.5 Å². The highest BCUT2D eigenvalue weighted by Crippen LogP contribution is 2.42. The molecule has 2 aromatic rings. The third-order valence-electron chi connectivity index (χ3n) is 5.27. The standard InChI is InChI=1S/C21H22ClFN2OS/c1-14-10-11-15(13-18(14)23)24-20(27)25(2)21(12-6-5-9-19(21)26)16-7-3-4-8-17(16)22/h3-4,7-8,10-11,13H,5-6,9,12H2,1-2H3,(H,24,27)/t21-/m0/s1. The quantitative estimate of drug-likeness (QED) is 0.689. The summed E-state index contributed by atoms with van der Waals surface area (Å²) in [7, 11) is 1.80. The Morgan fingerprint density at radius 2 is 2.00 bits per heavy atom. The van der Waals surface area contributed by atoms with Crippen LogP contribution in [0.3, 0.4) is 0 Å². The molecule has 0 amide bonds. The summed E-state index contributed by atoms with van der Waals surface area (Å²) in [5, 5.41) is 3.96. The Bertz CT molecular complexity index is 888. The number of anilines is 1.